The Kier molecular flexibility index (Phi) is 2.99. The number of aromatic nitrogens is 2. The van der Waals surface area contributed by atoms with Gasteiger partial charge in [-0.3, -0.25) is 0 Å². The average molecular weight is 254 g/mol. The SMILES string of the molecule is Cc1nc(N)ncc1-c1ccc(Cl)c(Cl)c1. The lowest BCUT2D eigenvalue weighted by molar-refractivity contribution is 1.12. The summed E-state index contributed by atoms with van der Waals surface area (Å²) in [6, 6.07) is 5.40. The standard InChI is InChI=1S/C11H9Cl2N3/c1-6-8(5-15-11(14)16-6)7-2-3-9(12)10(13)4-7/h2-5H,1H3,(H2,14,15,16). The molecule has 82 valence electrons. The summed E-state index contributed by atoms with van der Waals surface area (Å²) in [6.07, 6.45) is 1.68. The van der Waals surface area contributed by atoms with Crippen LogP contribution in [0.2, 0.25) is 10.0 Å². The predicted molar refractivity (Wildman–Crippen MR) is 66.6 cm³/mol. The van der Waals surface area contributed by atoms with E-state index in [2.05, 4.69) is 9.97 Å². The van der Waals surface area contributed by atoms with E-state index in [9.17, 15) is 0 Å². The van der Waals surface area contributed by atoms with Crippen molar-refractivity contribution < 1.29 is 0 Å². The Morgan fingerprint density at radius 2 is 1.94 bits per heavy atom. The minimum Gasteiger partial charge on any atom is -0.368 e. The van der Waals surface area contributed by atoms with E-state index in [4.69, 9.17) is 28.9 Å². The fourth-order valence-corrected chi connectivity index (χ4v) is 1.73. The molecule has 1 aromatic carbocycles. The second-order valence-electron chi connectivity index (χ2n) is 3.36. The number of anilines is 1. The van der Waals surface area contributed by atoms with E-state index in [0.29, 0.717) is 10.0 Å². The van der Waals surface area contributed by atoms with Crippen LogP contribution in [0.25, 0.3) is 11.1 Å². The summed E-state index contributed by atoms with van der Waals surface area (Å²) in [4.78, 5) is 8.05. The minimum atomic E-state index is 0.265. The van der Waals surface area contributed by atoms with Gasteiger partial charge in [-0.25, -0.2) is 9.97 Å². The molecular formula is C11H9Cl2N3. The Bertz CT molecular complexity index is 541. The van der Waals surface area contributed by atoms with Gasteiger partial charge in [-0.05, 0) is 24.6 Å². The molecule has 0 aliphatic rings. The van der Waals surface area contributed by atoms with Crippen LogP contribution in [0.15, 0.2) is 24.4 Å². The van der Waals surface area contributed by atoms with E-state index in [-0.39, 0.29) is 5.95 Å². The predicted octanol–water partition coefficient (Wildman–Crippen LogP) is 3.34. The molecule has 3 nitrogen and oxygen atoms in total. The third-order valence-electron chi connectivity index (χ3n) is 2.23. The average Bonchev–Trinajstić information content (AvgIpc) is 2.22. The number of benzene rings is 1. The Morgan fingerprint density at radius 1 is 1.19 bits per heavy atom. The molecule has 2 aromatic rings. The van der Waals surface area contributed by atoms with Gasteiger partial charge in [-0.2, -0.15) is 0 Å². The zero-order valence-corrected chi connectivity index (χ0v) is 10.0. The zero-order valence-electron chi connectivity index (χ0n) is 8.54. The highest BCUT2D eigenvalue weighted by Gasteiger charge is 2.06. The van der Waals surface area contributed by atoms with Gasteiger partial charge in [0.05, 0.1) is 15.7 Å². The van der Waals surface area contributed by atoms with Crippen LogP contribution in [-0.4, -0.2) is 9.97 Å². The van der Waals surface area contributed by atoms with Crippen LogP contribution in [-0.2, 0) is 0 Å². The van der Waals surface area contributed by atoms with E-state index in [1.54, 1.807) is 18.3 Å². The van der Waals surface area contributed by atoms with Crippen molar-refractivity contribution in [2.75, 3.05) is 5.73 Å². The van der Waals surface area contributed by atoms with E-state index < -0.39 is 0 Å². The van der Waals surface area contributed by atoms with Crippen LogP contribution in [0.4, 0.5) is 5.95 Å². The van der Waals surface area contributed by atoms with Gasteiger partial charge < -0.3 is 5.73 Å². The maximum atomic E-state index is 5.95. The second kappa shape index (κ2) is 4.28. The summed E-state index contributed by atoms with van der Waals surface area (Å²) >= 11 is 11.8. The van der Waals surface area contributed by atoms with Crippen molar-refractivity contribution in [3.8, 4) is 11.1 Å². The lowest BCUT2D eigenvalue weighted by atomic mass is 10.1. The fraction of sp³-hybridized carbons (Fsp3) is 0.0909. The summed E-state index contributed by atoms with van der Waals surface area (Å²) in [7, 11) is 0. The van der Waals surface area contributed by atoms with Crippen molar-refractivity contribution in [3.05, 3.63) is 40.1 Å². The normalized spacial score (nSPS) is 10.4. The molecule has 1 heterocycles. The van der Waals surface area contributed by atoms with Crippen LogP contribution in [0.3, 0.4) is 0 Å². The minimum absolute atomic E-state index is 0.265. The van der Waals surface area contributed by atoms with Gasteiger partial charge in [0.15, 0.2) is 0 Å². The van der Waals surface area contributed by atoms with Crippen LogP contribution >= 0.6 is 23.2 Å². The molecule has 0 aliphatic carbocycles. The van der Waals surface area contributed by atoms with E-state index >= 15 is 0 Å². The summed E-state index contributed by atoms with van der Waals surface area (Å²) in [5, 5.41) is 1.04. The Labute approximate surface area is 103 Å². The zero-order chi connectivity index (χ0) is 11.7. The second-order valence-corrected chi connectivity index (χ2v) is 4.17. The maximum Gasteiger partial charge on any atom is 0.220 e. The molecule has 0 aliphatic heterocycles. The molecule has 0 saturated heterocycles. The third kappa shape index (κ3) is 2.10. The number of halogens is 2. The molecule has 0 saturated carbocycles. The van der Waals surface area contributed by atoms with Crippen LogP contribution in [0.5, 0.6) is 0 Å². The number of nitrogens with two attached hydrogens (primary N) is 1. The van der Waals surface area contributed by atoms with Gasteiger partial charge in [0.25, 0.3) is 0 Å². The molecule has 0 atom stereocenters. The summed E-state index contributed by atoms with van der Waals surface area (Å²) in [5.41, 5.74) is 8.12. The smallest absolute Gasteiger partial charge is 0.220 e. The molecule has 0 spiro atoms. The van der Waals surface area contributed by atoms with Crippen LogP contribution < -0.4 is 5.73 Å². The molecule has 2 N–H and O–H groups in total. The summed E-state index contributed by atoms with van der Waals surface area (Å²) < 4.78 is 0. The molecule has 5 heteroatoms. The third-order valence-corrected chi connectivity index (χ3v) is 2.97. The lowest BCUT2D eigenvalue weighted by Crippen LogP contribution is -1.97. The van der Waals surface area contributed by atoms with Crippen LogP contribution in [0, 0.1) is 6.92 Å². The van der Waals surface area contributed by atoms with Crippen LogP contribution in [0.1, 0.15) is 5.69 Å². The number of nitrogens with zero attached hydrogens (tertiary/aromatic N) is 2. The monoisotopic (exact) mass is 253 g/mol. The highest BCUT2D eigenvalue weighted by atomic mass is 35.5. The molecule has 2 rings (SSSR count). The Balaban J connectivity index is 2.54. The first kappa shape index (κ1) is 11.2. The van der Waals surface area contributed by atoms with Gasteiger partial charge in [-0.15, -0.1) is 0 Å². The highest BCUT2D eigenvalue weighted by molar-refractivity contribution is 6.42. The molecule has 0 unspecified atom stereocenters. The largest absolute Gasteiger partial charge is 0.368 e. The summed E-state index contributed by atoms with van der Waals surface area (Å²) in [6.45, 7) is 1.87. The first-order chi connectivity index (χ1) is 7.58. The molecule has 0 radical (unpaired) electrons. The number of hydrogen-bond donors (Lipinski definition) is 1. The van der Waals surface area contributed by atoms with Crippen molar-refractivity contribution in [1.82, 2.24) is 9.97 Å². The first-order valence-corrected chi connectivity index (χ1v) is 5.38. The fourth-order valence-electron chi connectivity index (χ4n) is 1.43. The topological polar surface area (TPSA) is 51.8 Å². The molecule has 0 bridgehead atoms. The van der Waals surface area contributed by atoms with Gasteiger partial charge in [0.2, 0.25) is 5.95 Å². The molecule has 0 fully saturated rings. The van der Waals surface area contributed by atoms with E-state index in [1.165, 1.54) is 0 Å². The number of nitrogen functional groups attached to an aromatic ring is 1. The lowest BCUT2D eigenvalue weighted by Gasteiger charge is -2.06. The van der Waals surface area contributed by atoms with E-state index in [1.807, 2.05) is 13.0 Å². The Morgan fingerprint density at radius 3 is 2.56 bits per heavy atom. The molecular weight excluding hydrogens is 245 g/mol. The van der Waals surface area contributed by atoms with Gasteiger partial charge in [0.1, 0.15) is 0 Å². The molecule has 16 heavy (non-hydrogen) atoms. The van der Waals surface area contributed by atoms with Gasteiger partial charge in [0, 0.05) is 11.8 Å². The Hall–Kier alpha value is -1.32. The van der Waals surface area contributed by atoms with Gasteiger partial charge in [-0.1, -0.05) is 29.3 Å². The van der Waals surface area contributed by atoms with Crippen molar-refractivity contribution >= 4 is 29.2 Å². The maximum absolute atomic E-state index is 5.95. The van der Waals surface area contributed by atoms with Crippen molar-refractivity contribution in [1.29, 1.82) is 0 Å². The molecule has 1 aromatic heterocycles. The van der Waals surface area contributed by atoms with E-state index in [0.717, 1.165) is 16.8 Å². The van der Waals surface area contributed by atoms with Gasteiger partial charge >= 0.3 is 0 Å². The number of aryl methyl sites for hydroxylation is 1. The summed E-state index contributed by atoms with van der Waals surface area (Å²) in [5.74, 6) is 0.265. The van der Waals surface area contributed by atoms with Crippen molar-refractivity contribution in [3.63, 3.8) is 0 Å². The number of rotatable bonds is 1. The molecule has 0 amide bonds. The quantitative estimate of drug-likeness (QED) is 0.849. The number of hydrogen-bond acceptors (Lipinski definition) is 3. The van der Waals surface area contributed by atoms with Crippen molar-refractivity contribution in [2.24, 2.45) is 0 Å². The highest BCUT2D eigenvalue weighted by Crippen LogP contribution is 2.29. The van der Waals surface area contributed by atoms with Crippen molar-refractivity contribution in [2.45, 2.75) is 6.92 Å². The first-order valence-electron chi connectivity index (χ1n) is 4.62.